The highest BCUT2D eigenvalue weighted by atomic mass is 19.1. The molecule has 1 aromatic carbocycles. The van der Waals surface area contributed by atoms with E-state index >= 15 is 0 Å². The molecule has 1 aromatic rings. The topological polar surface area (TPSA) is 32.3 Å². The van der Waals surface area contributed by atoms with Crippen molar-refractivity contribution in [1.29, 1.82) is 0 Å². The second kappa shape index (κ2) is 4.57. The van der Waals surface area contributed by atoms with Crippen molar-refractivity contribution < 1.29 is 13.6 Å². The van der Waals surface area contributed by atoms with Gasteiger partial charge in [0.2, 0.25) is 0 Å². The lowest BCUT2D eigenvalue weighted by atomic mass is 9.84. The second-order valence-electron chi connectivity index (χ2n) is 5.68. The molecule has 1 heterocycles. The number of terminal acetylenes is 1. The van der Waals surface area contributed by atoms with Crippen molar-refractivity contribution in [3.05, 3.63) is 35.4 Å². The molecule has 0 spiro atoms. The van der Waals surface area contributed by atoms with Gasteiger partial charge < -0.3 is 5.32 Å². The first-order valence-corrected chi connectivity index (χ1v) is 6.23. The van der Waals surface area contributed by atoms with Crippen molar-refractivity contribution in [2.75, 3.05) is 6.54 Å². The highest BCUT2D eigenvalue weighted by molar-refractivity contribution is 5.88. The molecule has 1 atom stereocenters. The Bertz CT molecular complexity index is 586. The van der Waals surface area contributed by atoms with Gasteiger partial charge in [-0.15, -0.1) is 0 Å². The zero-order valence-electron chi connectivity index (χ0n) is 11.6. The van der Waals surface area contributed by atoms with E-state index in [0.29, 0.717) is 12.1 Å². The van der Waals surface area contributed by atoms with Crippen LogP contribution in [0.1, 0.15) is 26.3 Å². The summed E-state index contributed by atoms with van der Waals surface area (Å²) in [5.74, 6) is -1.70. The normalized spacial score (nSPS) is 25.4. The number of amides is 1. The van der Waals surface area contributed by atoms with Crippen molar-refractivity contribution in [2.24, 2.45) is 0 Å². The van der Waals surface area contributed by atoms with E-state index in [1.807, 2.05) is 0 Å². The first-order valence-electron chi connectivity index (χ1n) is 6.23. The largest absolute Gasteiger partial charge is 0.301 e. The Morgan fingerprint density at radius 2 is 1.80 bits per heavy atom. The maximum absolute atomic E-state index is 13.4. The molecule has 0 saturated carbocycles. The lowest BCUT2D eigenvalue weighted by molar-refractivity contribution is -0.143. The van der Waals surface area contributed by atoms with E-state index < -0.39 is 22.7 Å². The third-order valence-electron chi connectivity index (χ3n) is 3.72. The summed E-state index contributed by atoms with van der Waals surface area (Å²) in [5.41, 5.74) is -1.48. The summed E-state index contributed by atoms with van der Waals surface area (Å²) in [5, 5.41) is 3.07. The van der Waals surface area contributed by atoms with Gasteiger partial charge in [0.1, 0.15) is 11.6 Å². The molecule has 0 aromatic heterocycles. The van der Waals surface area contributed by atoms with Gasteiger partial charge in [0.25, 0.3) is 5.91 Å². The Balaban J connectivity index is 2.53. The third-order valence-corrected chi connectivity index (χ3v) is 3.72. The van der Waals surface area contributed by atoms with Gasteiger partial charge in [-0.25, -0.2) is 8.78 Å². The molecule has 0 aliphatic carbocycles. The molecule has 1 amide bonds. The van der Waals surface area contributed by atoms with Crippen LogP contribution in [-0.2, 0) is 10.3 Å². The Kier molecular flexibility index (Phi) is 3.31. The molecule has 0 radical (unpaired) electrons. The molecule has 0 bridgehead atoms. The lowest BCUT2D eigenvalue weighted by Gasteiger charge is -2.47. The van der Waals surface area contributed by atoms with Crippen LogP contribution in [0.3, 0.4) is 0 Å². The number of carbonyl (C=O) groups is 1. The van der Waals surface area contributed by atoms with Crippen LogP contribution < -0.4 is 5.32 Å². The van der Waals surface area contributed by atoms with E-state index in [1.54, 1.807) is 20.8 Å². The molecule has 1 N–H and O–H groups in total. The number of piperazine rings is 1. The SMILES string of the molecule is C#CN1C(=O)C(C)(C)NC[C@@]1(C)c1cc(F)cc(F)c1. The van der Waals surface area contributed by atoms with Crippen LogP contribution in [0.15, 0.2) is 18.2 Å². The summed E-state index contributed by atoms with van der Waals surface area (Å²) in [4.78, 5) is 13.6. The molecule has 5 heteroatoms. The fourth-order valence-corrected chi connectivity index (χ4v) is 2.35. The standard InChI is InChI=1S/C15H16F2N2O/c1-5-19-13(20)14(2,3)18-9-15(19,4)10-6-11(16)8-12(17)7-10/h1,6-8,18H,9H2,2-4H3/t15-/m0/s1. The second-order valence-corrected chi connectivity index (χ2v) is 5.68. The highest BCUT2D eigenvalue weighted by Crippen LogP contribution is 2.34. The predicted octanol–water partition coefficient (Wildman–Crippen LogP) is 1.98. The average molecular weight is 278 g/mol. The van der Waals surface area contributed by atoms with Crippen LogP contribution in [-0.4, -0.2) is 22.9 Å². The fraction of sp³-hybridized carbons (Fsp3) is 0.400. The fourth-order valence-electron chi connectivity index (χ4n) is 2.35. The van der Waals surface area contributed by atoms with E-state index in [9.17, 15) is 13.6 Å². The molecule has 2 rings (SSSR count). The summed E-state index contributed by atoms with van der Waals surface area (Å²) in [6.07, 6.45) is 5.44. The zero-order chi connectivity index (χ0) is 15.1. The van der Waals surface area contributed by atoms with Gasteiger partial charge in [-0.1, -0.05) is 6.42 Å². The summed E-state index contributed by atoms with van der Waals surface area (Å²) in [7, 11) is 0. The summed E-state index contributed by atoms with van der Waals surface area (Å²) < 4.78 is 26.8. The molecule has 1 aliphatic heterocycles. The minimum atomic E-state index is -0.996. The number of halogens is 2. The van der Waals surface area contributed by atoms with E-state index in [1.165, 1.54) is 17.0 Å². The number of hydrogen-bond donors (Lipinski definition) is 1. The number of carbonyl (C=O) groups excluding carboxylic acids is 1. The van der Waals surface area contributed by atoms with Crippen molar-refractivity contribution in [3.63, 3.8) is 0 Å². The first kappa shape index (κ1) is 14.5. The lowest BCUT2D eigenvalue weighted by Crippen LogP contribution is -2.67. The molecular formula is C15H16F2N2O. The maximum atomic E-state index is 13.4. The van der Waals surface area contributed by atoms with E-state index in [-0.39, 0.29) is 5.91 Å². The van der Waals surface area contributed by atoms with E-state index in [2.05, 4.69) is 11.4 Å². The number of nitrogens with one attached hydrogen (secondary N) is 1. The Morgan fingerprint density at radius 3 is 2.30 bits per heavy atom. The molecule has 1 aliphatic rings. The molecule has 106 valence electrons. The molecule has 1 fully saturated rings. The molecular weight excluding hydrogens is 262 g/mol. The van der Waals surface area contributed by atoms with Gasteiger partial charge in [-0.05, 0) is 38.5 Å². The summed E-state index contributed by atoms with van der Waals surface area (Å²) in [6, 6.07) is 5.51. The minimum Gasteiger partial charge on any atom is -0.301 e. The molecule has 3 nitrogen and oxygen atoms in total. The average Bonchev–Trinajstić information content (AvgIpc) is 2.34. The molecule has 1 saturated heterocycles. The van der Waals surface area contributed by atoms with Gasteiger partial charge in [-0.3, -0.25) is 9.69 Å². The third kappa shape index (κ3) is 2.16. The van der Waals surface area contributed by atoms with Crippen LogP contribution in [0.25, 0.3) is 0 Å². The van der Waals surface area contributed by atoms with E-state index in [4.69, 9.17) is 6.42 Å². The van der Waals surface area contributed by atoms with Gasteiger partial charge in [0.15, 0.2) is 0 Å². The van der Waals surface area contributed by atoms with Gasteiger partial charge in [0.05, 0.1) is 11.1 Å². The first-order chi connectivity index (χ1) is 9.20. The highest BCUT2D eigenvalue weighted by Gasteiger charge is 2.47. The number of rotatable bonds is 1. The monoisotopic (exact) mass is 278 g/mol. The Labute approximate surface area is 117 Å². The molecule has 20 heavy (non-hydrogen) atoms. The van der Waals surface area contributed by atoms with Crippen LogP contribution in [0.2, 0.25) is 0 Å². The van der Waals surface area contributed by atoms with Crippen LogP contribution in [0, 0.1) is 24.1 Å². The van der Waals surface area contributed by atoms with Crippen LogP contribution in [0.4, 0.5) is 8.78 Å². The summed E-state index contributed by atoms with van der Waals surface area (Å²) >= 11 is 0. The maximum Gasteiger partial charge on any atom is 0.254 e. The van der Waals surface area contributed by atoms with Crippen molar-refractivity contribution in [1.82, 2.24) is 10.2 Å². The van der Waals surface area contributed by atoms with Crippen molar-refractivity contribution >= 4 is 5.91 Å². The van der Waals surface area contributed by atoms with E-state index in [0.717, 1.165) is 6.07 Å². The number of hydrogen-bond acceptors (Lipinski definition) is 2. The van der Waals surface area contributed by atoms with Crippen molar-refractivity contribution in [3.8, 4) is 12.5 Å². The zero-order valence-corrected chi connectivity index (χ0v) is 11.6. The number of benzene rings is 1. The quantitative estimate of drug-likeness (QED) is 0.797. The smallest absolute Gasteiger partial charge is 0.254 e. The minimum absolute atomic E-state index is 0.304. The summed E-state index contributed by atoms with van der Waals surface area (Å²) in [6.45, 7) is 5.41. The van der Waals surface area contributed by atoms with Crippen molar-refractivity contribution in [2.45, 2.75) is 31.8 Å². The molecule has 0 unspecified atom stereocenters. The van der Waals surface area contributed by atoms with Crippen LogP contribution in [0.5, 0.6) is 0 Å². The van der Waals surface area contributed by atoms with Gasteiger partial charge >= 0.3 is 0 Å². The van der Waals surface area contributed by atoms with Gasteiger partial charge in [0, 0.05) is 18.7 Å². The van der Waals surface area contributed by atoms with Gasteiger partial charge in [-0.2, -0.15) is 0 Å². The Hall–Kier alpha value is -1.93. The Morgan fingerprint density at radius 1 is 1.25 bits per heavy atom. The predicted molar refractivity (Wildman–Crippen MR) is 71.5 cm³/mol. The van der Waals surface area contributed by atoms with Crippen LogP contribution >= 0.6 is 0 Å². The number of nitrogens with zero attached hydrogens (tertiary/aromatic N) is 1.